The van der Waals surface area contributed by atoms with E-state index in [1.54, 1.807) is 0 Å². The highest BCUT2D eigenvalue weighted by Crippen LogP contribution is 2.23. The van der Waals surface area contributed by atoms with Crippen LogP contribution >= 0.6 is 0 Å². The minimum absolute atomic E-state index is 0.0399. The summed E-state index contributed by atoms with van der Waals surface area (Å²) in [6, 6.07) is 6.06. The van der Waals surface area contributed by atoms with E-state index in [0.717, 1.165) is 16.9 Å². The molecule has 0 spiro atoms. The second-order valence-corrected chi connectivity index (χ2v) is 5.26. The molecule has 0 amide bonds. The number of para-hydroxylation sites is 1. The number of hydrogen-bond donors (Lipinski definition) is 4. The monoisotopic (exact) mass is 319 g/mol. The summed E-state index contributed by atoms with van der Waals surface area (Å²) in [7, 11) is -4.67. The van der Waals surface area contributed by atoms with Crippen LogP contribution in [0.15, 0.2) is 23.2 Å². The molecule has 0 heterocycles. The first-order valence-corrected chi connectivity index (χ1v) is 7.38. The number of rotatable bonds is 4. The Morgan fingerprint density at radius 2 is 1.71 bits per heavy atom. The van der Waals surface area contributed by atoms with Crippen LogP contribution < -0.4 is 16.2 Å². The Morgan fingerprint density at radius 1 is 1.29 bits per heavy atom. The van der Waals surface area contributed by atoms with E-state index >= 15 is 0 Å². The number of guanidine groups is 1. The summed E-state index contributed by atoms with van der Waals surface area (Å²) in [6.07, 6.45) is -0.0399. The van der Waals surface area contributed by atoms with Crippen molar-refractivity contribution in [2.45, 2.75) is 26.9 Å². The summed E-state index contributed by atoms with van der Waals surface area (Å²) < 4.78 is 37.4. The van der Waals surface area contributed by atoms with Gasteiger partial charge in [-0.05, 0) is 31.9 Å². The first-order valence-electron chi connectivity index (χ1n) is 5.99. The summed E-state index contributed by atoms with van der Waals surface area (Å²) >= 11 is 0. The average molecular weight is 319 g/mol. The Bertz CT molecular complexity index is 554. The third-order valence-corrected chi connectivity index (χ3v) is 2.26. The Kier molecular flexibility index (Phi) is 7.71. The van der Waals surface area contributed by atoms with Crippen LogP contribution in [0, 0.1) is 13.8 Å². The van der Waals surface area contributed by atoms with Gasteiger partial charge in [0.25, 0.3) is 0 Å². The first kappa shape index (κ1) is 19.2. The van der Waals surface area contributed by atoms with E-state index in [1.165, 1.54) is 0 Å². The normalized spacial score (nSPS) is 11.9. The molecule has 1 atom stereocenters. The van der Waals surface area contributed by atoms with Crippen molar-refractivity contribution in [2.75, 3.05) is 6.54 Å². The lowest BCUT2D eigenvalue weighted by Gasteiger charge is -2.16. The summed E-state index contributed by atoms with van der Waals surface area (Å²) in [4.78, 5) is 3.93. The molecule has 8 nitrogen and oxygen atoms in total. The summed E-state index contributed by atoms with van der Waals surface area (Å²) in [5.41, 5.74) is 12.8. The molecule has 0 saturated carbocycles. The molecule has 0 aromatic heterocycles. The van der Waals surface area contributed by atoms with Crippen molar-refractivity contribution >= 4 is 16.4 Å². The van der Waals surface area contributed by atoms with Crippen molar-refractivity contribution in [3.63, 3.8) is 0 Å². The predicted octanol–water partition coefficient (Wildman–Crippen LogP) is 0.691. The lowest BCUT2D eigenvalue weighted by atomic mass is 10.1. The van der Waals surface area contributed by atoms with E-state index in [4.69, 9.17) is 33.7 Å². The molecule has 9 heteroatoms. The number of benzene rings is 1. The predicted molar refractivity (Wildman–Crippen MR) is 80.9 cm³/mol. The van der Waals surface area contributed by atoms with Crippen molar-refractivity contribution in [1.29, 1.82) is 0 Å². The summed E-state index contributed by atoms with van der Waals surface area (Å²) in [5.74, 6) is 1.01. The number of hydrogen-bond acceptors (Lipinski definition) is 4. The van der Waals surface area contributed by atoms with Crippen LogP contribution in [0.1, 0.15) is 18.1 Å². The van der Waals surface area contributed by atoms with Gasteiger partial charge in [0.1, 0.15) is 11.9 Å². The molecular formula is C12H21N3O5S. The van der Waals surface area contributed by atoms with Gasteiger partial charge in [-0.25, -0.2) is 4.99 Å². The van der Waals surface area contributed by atoms with Gasteiger partial charge in [-0.15, -0.1) is 0 Å². The van der Waals surface area contributed by atoms with Gasteiger partial charge in [0.15, 0.2) is 5.96 Å². The van der Waals surface area contributed by atoms with Gasteiger partial charge in [0.05, 0.1) is 6.54 Å². The lowest BCUT2D eigenvalue weighted by Crippen LogP contribution is -2.26. The molecule has 1 aromatic carbocycles. The smallest absolute Gasteiger partial charge is 0.394 e. The van der Waals surface area contributed by atoms with Crippen LogP contribution in [-0.2, 0) is 10.4 Å². The van der Waals surface area contributed by atoms with Crippen molar-refractivity contribution < 1.29 is 22.3 Å². The molecule has 1 rings (SSSR count). The van der Waals surface area contributed by atoms with Crippen LogP contribution in [0.25, 0.3) is 0 Å². The number of aryl methyl sites for hydroxylation is 2. The Labute approximate surface area is 124 Å². The maximum Gasteiger partial charge on any atom is 0.394 e. The van der Waals surface area contributed by atoms with Crippen LogP contribution in [0.3, 0.4) is 0 Å². The fourth-order valence-corrected chi connectivity index (χ4v) is 1.46. The largest absolute Gasteiger partial charge is 0.488 e. The van der Waals surface area contributed by atoms with E-state index in [1.807, 2.05) is 39.0 Å². The van der Waals surface area contributed by atoms with Crippen LogP contribution in [-0.4, -0.2) is 36.1 Å². The number of nitrogens with zero attached hydrogens (tertiary/aromatic N) is 1. The molecule has 1 unspecified atom stereocenters. The zero-order chi connectivity index (χ0) is 16.6. The van der Waals surface area contributed by atoms with E-state index in [0.29, 0.717) is 6.54 Å². The molecule has 0 saturated heterocycles. The fraction of sp³-hybridized carbons (Fsp3) is 0.417. The second-order valence-electron chi connectivity index (χ2n) is 4.36. The molecule has 6 N–H and O–H groups in total. The highest BCUT2D eigenvalue weighted by atomic mass is 32.3. The van der Waals surface area contributed by atoms with Gasteiger partial charge in [-0.2, -0.15) is 8.42 Å². The third-order valence-electron chi connectivity index (χ3n) is 2.26. The van der Waals surface area contributed by atoms with E-state index in [9.17, 15) is 0 Å². The van der Waals surface area contributed by atoms with Crippen LogP contribution in [0.2, 0.25) is 0 Å². The SMILES string of the molecule is Cc1cccc(C)c1OC(C)CN=C(N)N.O=S(=O)(O)O. The summed E-state index contributed by atoms with van der Waals surface area (Å²) in [6.45, 7) is 6.46. The Balaban J connectivity index is 0.000000690. The van der Waals surface area contributed by atoms with Crippen molar-refractivity contribution in [3.8, 4) is 5.75 Å². The topological polar surface area (TPSA) is 148 Å². The maximum absolute atomic E-state index is 8.74. The zero-order valence-corrected chi connectivity index (χ0v) is 13.0. The average Bonchev–Trinajstić information content (AvgIpc) is 2.29. The van der Waals surface area contributed by atoms with Gasteiger partial charge in [-0.1, -0.05) is 18.2 Å². The van der Waals surface area contributed by atoms with E-state index in [-0.39, 0.29) is 12.1 Å². The Morgan fingerprint density at radius 3 is 2.10 bits per heavy atom. The van der Waals surface area contributed by atoms with E-state index < -0.39 is 10.4 Å². The maximum atomic E-state index is 8.74. The number of nitrogens with two attached hydrogens (primary N) is 2. The highest BCUT2D eigenvalue weighted by Gasteiger charge is 2.08. The molecule has 0 radical (unpaired) electrons. The zero-order valence-electron chi connectivity index (χ0n) is 12.1. The van der Waals surface area contributed by atoms with Crippen LogP contribution in [0.4, 0.5) is 0 Å². The van der Waals surface area contributed by atoms with Crippen molar-refractivity contribution in [3.05, 3.63) is 29.3 Å². The molecule has 21 heavy (non-hydrogen) atoms. The molecule has 0 aliphatic rings. The summed E-state index contributed by atoms with van der Waals surface area (Å²) in [5, 5.41) is 0. The fourth-order valence-electron chi connectivity index (χ4n) is 1.46. The Hall–Kier alpha value is -1.84. The number of ether oxygens (including phenoxy) is 1. The standard InChI is InChI=1S/C12H19N3O.H2O4S/c1-8-5-4-6-9(2)11(8)16-10(3)7-15-12(13)14;1-5(2,3)4/h4-6,10H,7H2,1-3H3,(H4,13,14,15);(H2,1,2,3,4). The highest BCUT2D eigenvalue weighted by molar-refractivity contribution is 7.79. The van der Waals surface area contributed by atoms with Gasteiger partial charge in [0.2, 0.25) is 0 Å². The molecule has 1 aromatic rings. The van der Waals surface area contributed by atoms with Gasteiger partial charge in [0, 0.05) is 0 Å². The number of aliphatic imine (C=N–C) groups is 1. The third kappa shape index (κ3) is 10.6. The first-order chi connectivity index (χ1) is 9.50. The lowest BCUT2D eigenvalue weighted by molar-refractivity contribution is 0.227. The van der Waals surface area contributed by atoms with Gasteiger partial charge < -0.3 is 16.2 Å². The van der Waals surface area contributed by atoms with Crippen molar-refractivity contribution in [2.24, 2.45) is 16.5 Å². The molecular weight excluding hydrogens is 298 g/mol. The second kappa shape index (κ2) is 8.45. The van der Waals surface area contributed by atoms with E-state index in [2.05, 4.69) is 4.99 Å². The minimum Gasteiger partial charge on any atom is -0.488 e. The van der Waals surface area contributed by atoms with Crippen molar-refractivity contribution in [1.82, 2.24) is 0 Å². The van der Waals surface area contributed by atoms with Gasteiger partial charge >= 0.3 is 10.4 Å². The molecule has 0 aliphatic heterocycles. The van der Waals surface area contributed by atoms with Crippen LogP contribution in [0.5, 0.6) is 5.75 Å². The molecule has 0 bridgehead atoms. The molecule has 0 aliphatic carbocycles. The minimum atomic E-state index is -4.67. The quantitative estimate of drug-likeness (QED) is 0.362. The molecule has 0 fully saturated rings. The van der Waals surface area contributed by atoms with Gasteiger partial charge in [-0.3, -0.25) is 9.11 Å². The molecule has 120 valence electrons.